The van der Waals surface area contributed by atoms with Crippen molar-refractivity contribution in [2.45, 2.75) is 62.3 Å². The predicted octanol–water partition coefficient (Wildman–Crippen LogP) is 3.64. The van der Waals surface area contributed by atoms with Gasteiger partial charge in [0.1, 0.15) is 0 Å². The number of nitrogens with zero attached hydrogens (tertiary/aromatic N) is 3. The molecule has 7 nitrogen and oxygen atoms in total. The summed E-state index contributed by atoms with van der Waals surface area (Å²) in [5.74, 6) is 0.970. The number of aromatic nitrogens is 1. The molecule has 2 atom stereocenters. The first-order valence-corrected chi connectivity index (χ1v) is 12.5. The molecule has 1 N–H and O–H groups in total. The largest absolute Gasteiger partial charge is 0.463 e. The third kappa shape index (κ3) is 3.46. The first-order chi connectivity index (χ1) is 14.0. The summed E-state index contributed by atoms with van der Waals surface area (Å²) in [5, 5.41) is 19.3. The van der Waals surface area contributed by atoms with E-state index in [0.717, 1.165) is 19.3 Å². The Morgan fingerprint density at radius 3 is 2.47 bits per heavy atom. The van der Waals surface area contributed by atoms with E-state index in [1.807, 2.05) is 0 Å². The van der Waals surface area contributed by atoms with Crippen LogP contribution in [-0.4, -0.2) is 46.8 Å². The van der Waals surface area contributed by atoms with Crippen molar-refractivity contribution in [2.24, 2.45) is 17.8 Å². The van der Waals surface area contributed by atoms with E-state index in [4.69, 9.17) is 21.7 Å². The number of halogens is 1. The van der Waals surface area contributed by atoms with Gasteiger partial charge in [-0.2, -0.15) is 5.26 Å². The first kappa shape index (κ1) is 21.4. The van der Waals surface area contributed by atoms with E-state index in [-0.39, 0.29) is 23.7 Å². The Bertz CT molecular complexity index is 986. The Balaban J connectivity index is 1.58. The fraction of sp³-hybridized carbons (Fsp3) is 0.667. The Kier molecular flexibility index (Phi) is 5.06. The van der Waals surface area contributed by atoms with Crippen molar-refractivity contribution in [3.05, 3.63) is 23.4 Å². The molecule has 0 aliphatic heterocycles. The summed E-state index contributed by atoms with van der Waals surface area (Å²) in [6.07, 6.45) is 8.79. The van der Waals surface area contributed by atoms with E-state index in [1.165, 1.54) is 17.4 Å². The van der Waals surface area contributed by atoms with E-state index < -0.39 is 20.2 Å². The second-order valence-corrected chi connectivity index (χ2v) is 12.5. The van der Waals surface area contributed by atoms with Gasteiger partial charge in [0.15, 0.2) is 27.5 Å². The maximum absolute atomic E-state index is 12.6. The van der Waals surface area contributed by atoms with Gasteiger partial charge in [-0.25, -0.2) is 13.4 Å². The highest BCUT2D eigenvalue weighted by Gasteiger charge is 2.61. The van der Waals surface area contributed by atoms with Crippen LogP contribution in [0.1, 0.15) is 46.0 Å². The molecule has 2 unspecified atom stereocenters. The van der Waals surface area contributed by atoms with E-state index in [0.29, 0.717) is 29.7 Å². The van der Waals surface area contributed by atoms with E-state index in [2.05, 4.69) is 11.2 Å². The van der Waals surface area contributed by atoms with Gasteiger partial charge in [0, 0.05) is 18.5 Å². The number of ether oxygens (including phenoxy) is 1. The van der Waals surface area contributed by atoms with E-state index in [1.54, 1.807) is 26.0 Å². The molecule has 4 fully saturated rings. The molecule has 0 amide bonds. The van der Waals surface area contributed by atoms with Crippen LogP contribution < -0.4 is 4.74 Å². The maximum Gasteiger partial charge on any atom is 0.214 e. The van der Waals surface area contributed by atoms with Crippen LogP contribution in [0.2, 0.25) is 5.02 Å². The SMILES string of the molecule is CC(C)(Oc1ccc(Cl)cn1)C(=N)N(C#N)C1C2CC3CC1CC(S(C)(=O)=O)(C3)C2. The van der Waals surface area contributed by atoms with Gasteiger partial charge in [-0.05, 0) is 69.8 Å². The van der Waals surface area contributed by atoms with Crippen LogP contribution in [0.4, 0.5) is 0 Å². The summed E-state index contributed by atoms with van der Waals surface area (Å²) in [7, 11) is -3.17. The molecule has 4 bridgehead atoms. The minimum absolute atomic E-state index is 0.0626. The number of rotatable bonds is 5. The van der Waals surface area contributed by atoms with Gasteiger partial charge in [-0.15, -0.1) is 0 Å². The summed E-state index contributed by atoms with van der Waals surface area (Å²) in [5.41, 5.74) is -1.08. The molecular weight excluding hydrogens is 424 g/mol. The van der Waals surface area contributed by atoms with Crippen molar-refractivity contribution in [1.29, 1.82) is 10.7 Å². The number of hydrogen-bond donors (Lipinski definition) is 1. The van der Waals surface area contributed by atoms with Crippen molar-refractivity contribution in [3.63, 3.8) is 0 Å². The summed E-state index contributed by atoms with van der Waals surface area (Å²) in [6, 6.07) is 3.14. The fourth-order valence-corrected chi connectivity index (χ4v) is 7.77. The van der Waals surface area contributed by atoms with Crippen LogP contribution in [0.25, 0.3) is 0 Å². The smallest absolute Gasteiger partial charge is 0.214 e. The van der Waals surface area contributed by atoms with Gasteiger partial charge in [0.2, 0.25) is 5.88 Å². The number of hydrogen-bond acceptors (Lipinski definition) is 6. The molecule has 0 saturated heterocycles. The van der Waals surface area contributed by atoms with Gasteiger partial charge in [0.05, 0.1) is 15.8 Å². The Labute approximate surface area is 182 Å². The third-order valence-electron chi connectivity index (χ3n) is 7.23. The maximum atomic E-state index is 12.6. The molecule has 0 aromatic carbocycles. The highest BCUT2D eigenvalue weighted by atomic mass is 35.5. The fourth-order valence-electron chi connectivity index (χ4n) is 6.09. The molecule has 4 saturated carbocycles. The van der Waals surface area contributed by atoms with Crippen LogP contribution >= 0.6 is 11.6 Å². The van der Waals surface area contributed by atoms with Gasteiger partial charge in [-0.3, -0.25) is 10.3 Å². The molecule has 1 heterocycles. The zero-order chi connectivity index (χ0) is 21.9. The van der Waals surface area contributed by atoms with Crippen molar-refractivity contribution in [1.82, 2.24) is 9.88 Å². The molecule has 4 aliphatic rings. The second kappa shape index (κ2) is 7.10. The lowest BCUT2D eigenvalue weighted by Gasteiger charge is -2.60. The summed E-state index contributed by atoms with van der Waals surface area (Å²) < 4.78 is 30.5. The van der Waals surface area contributed by atoms with Gasteiger partial charge in [-0.1, -0.05) is 11.6 Å². The molecule has 1 aromatic heterocycles. The molecular formula is C21H27ClN4O3S. The minimum atomic E-state index is -3.17. The Hall–Kier alpha value is -1.85. The number of amidine groups is 1. The molecule has 0 spiro atoms. The van der Waals surface area contributed by atoms with Crippen molar-refractivity contribution in [2.75, 3.05) is 6.26 Å². The first-order valence-electron chi connectivity index (χ1n) is 10.2. The van der Waals surface area contributed by atoms with Crippen LogP contribution in [0.3, 0.4) is 0 Å². The third-order valence-corrected chi connectivity index (χ3v) is 9.53. The summed E-state index contributed by atoms with van der Waals surface area (Å²) >= 11 is 5.88. The second-order valence-electron chi connectivity index (χ2n) is 9.66. The Morgan fingerprint density at radius 1 is 1.33 bits per heavy atom. The van der Waals surface area contributed by atoms with Crippen LogP contribution in [0.5, 0.6) is 5.88 Å². The van der Waals surface area contributed by atoms with Gasteiger partial charge in [0.25, 0.3) is 0 Å². The van der Waals surface area contributed by atoms with Crippen molar-refractivity contribution in [3.8, 4) is 12.1 Å². The lowest BCUT2D eigenvalue weighted by Crippen LogP contribution is -2.65. The molecule has 162 valence electrons. The van der Waals surface area contributed by atoms with E-state index >= 15 is 0 Å². The predicted molar refractivity (Wildman–Crippen MR) is 114 cm³/mol. The quantitative estimate of drug-likeness (QED) is 0.317. The lowest BCUT2D eigenvalue weighted by atomic mass is 9.53. The normalized spacial score (nSPS) is 32.5. The number of nitriles is 1. The van der Waals surface area contributed by atoms with Crippen molar-refractivity contribution < 1.29 is 13.2 Å². The average molecular weight is 451 g/mol. The van der Waals surface area contributed by atoms with Gasteiger partial charge >= 0.3 is 0 Å². The standard InChI is InChI=1S/C21H27ClN4O3S/c1-20(2,29-17-5-4-16(22)11-25-17)19(24)26(12-23)18-14-6-13-7-15(18)10-21(8-13,9-14)30(3,27)28/h4-5,11,13-15,18,24H,6-10H2,1-3H3. The van der Waals surface area contributed by atoms with E-state index in [9.17, 15) is 13.7 Å². The zero-order valence-electron chi connectivity index (χ0n) is 17.4. The lowest BCUT2D eigenvalue weighted by molar-refractivity contribution is -0.0243. The molecule has 1 aromatic rings. The topological polar surface area (TPSA) is 107 Å². The molecule has 9 heteroatoms. The van der Waals surface area contributed by atoms with Crippen molar-refractivity contribution >= 4 is 27.3 Å². The molecule has 5 rings (SSSR count). The highest BCUT2D eigenvalue weighted by molar-refractivity contribution is 7.92. The van der Waals surface area contributed by atoms with Crippen LogP contribution in [0, 0.1) is 34.6 Å². The Morgan fingerprint density at radius 2 is 1.97 bits per heavy atom. The summed E-state index contributed by atoms with van der Waals surface area (Å²) in [6.45, 7) is 3.48. The molecule has 4 aliphatic carbocycles. The molecule has 0 radical (unpaired) electrons. The molecule has 30 heavy (non-hydrogen) atoms. The zero-order valence-corrected chi connectivity index (χ0v) is 19.0. The number of pyridine rings is 1. The van der Waals surface area contributed by atoms with Gasteiger partial charge < -0.3 is 4.74 Å². The number of nitrogens with one attached hydrogen (secondary N) is 1. The monoisotopic (exact) mass is 450 g/mol. The average Bonchev–Trinajstić information content (AvgIpc) is 2.64. The minimum Gasteiger partial charge on any atom is -0.463 e. The highest BCUT2D eigenvalue weighted by Crippen LogP contribution is 2.59. The van der Waals surface area contributed by atoms with Crippen LogP contribution in [0.15, 0.2) is 18.3 Å². The number of sulfone groups is 1. The summed E-state index contributed by atoms with van der Waals surface area (Å²) in [4.78, 5) is 5.60. The van der Waals surface area contributed by atoms with Crippen LogP contribution in [-0.2, 0) is 9.84 Å².